The summed E-state index contributed by atoms with van der Waals surface area (Å²) in [5, 5.41) is 0. The van der Waals surface area contributed by atoms with Crippen LogP contribution in [-0.2, 0) is 19.1 Å². The minimum absolute atomic E-state index is 0.0931. The number of nitrogens with zero attached hydrogens (tertiary/aromatic N) is 1. The molecule has 1 heterocycles. The van der Waals surface area contributed by atoms with E-state index in [0.29, 0.717) is 19.4 Å². The second-order valence-electron chi connectivity index (χ2n) is 4.07. The molecule has 0 aromatic rings. The molecule has 1 saturated heterocycles. The Kier molecular flexibility index (Phi) is 3.86. The van der Waals surface area contributed by atoms with Gasteiger partial charge >= 0.3 is 0 Å². The average Bonchev–Trinajstić information content (AvgIpc) is 1.99. The quantitative estimate of drug-likeness (QED) is 0.645. The highest BCUT2D eigenvalue weighted by atomic mass is 32.2. The van der Waals surface area contributed by atoms with Crippen LogP contribution in [0, 0.1) is 0 Å². The lowest BCUT2D eigenvalue weighted by Crippen LogP contribution is -2.47. The standard InChI is InChI=1S/C9H17NO4S/c1-7(11)9-5-4-8(6-10(9)2)14-15(3,12)13/h8-9H,4-6H2,1-3H3/t8-,9-/m0/s1. The third-order valence-electron chi connectivity index (χ3n) is 2.57. The summed E-state index contributed by atoms with van der Waals surface area (Å²) in [5.41, 5.74) is 0. The number of ketones is 1. The summed E-state index contributed by atoms with van der Waals surface area (Å²) in [6, 6.07) is -0.0931. The van der Waals surface area contributed by atoms with Crippen molar-refractivity contribution in [2.75, 3.05) is 19.8 Å². The van der Waals surface area contributed by atoms with E-state index in [9.17, 15) is 13.2 Å². The minimum atomic E-state index is -3.40. The Morgan fingerprint density at radius 2 is 2.00 bits per heavy atom. The maximum Gasteiger partial charge on any atom is 0.264 e. The lowest BCUT2D eigenvalue weighted by Gasteiger charge is -2.34. The molecule has 88 valence electrons. The Morgan fingerprint density at radius 3 is 2.40 bits per heavy atom. The summed E-state index contributed by atoms with van der Waals surface area (Å²) in [6.07, 6.45) is 2.00. The summed E-state index contributed by atoms with van der Waals surface area (Å²) >= 11 is 0. The zero-order valence-corrected chi connectivity index (χ0v) is 10.1. The molecule has 0 radical (unpaired) electrons. The topological polar surface area (TPSA) is 63.7 Å². The number of likely N-dealkylation sites (N-methyl/N-ethyl adjacent to an activating group) is 1. The van der Waals surface area contributed by atoms with Crippen molar-refractivity contribution in [3.05, 3.63) is 0 Å². The zero-order chi connectivity index (χ0) is 11.6. The van der Waals surface area contributed by atoms with Crippen molar-refractivity contribution in [1.29, 1.82) is 0 Å². The highest BCUT2D eigenvalue weighted by molar-refractivity contribution is 7.86. The first-order valence-electron chi connectivity index (χ1n) is 4.88. The van der Waals surface area contributed by atoms with Crippen molar-refractivity contribution >= 4 is 15.9 Å². The van der Waals surface area contributed by atoms with Crippen molar-refractivity contribution in [1.82, 2.24) is 4.90 Å². The van der Waals surface area contributed by atoms with Crippen LogP contribution in [0.25, 0.3) is 0 Å². The van der Waals surface area contributed by atoms with Crippen LogP contribution in [0.1, 0.15) is 19.8 Å². The largest absolute Gasteiger partial charge is 0.298 e. The van der Waals surface area contributed by atoms with E-state index in [4.69, 9.17) is 4.18 Å². The number of piperidine rings is 1. The highest BCUT2D eigenvalue weighted by Crippen LogP contribution is 2.19. The Labute approximate surface area is 90.5 Å². The van der Waals surface area contributed by atoms with Crippen molar-refractivity contribution in [3.8, 4) is 0 Å². The molecule has 1 aliphatic rings. The number of likely N-dealkylation sites (tertiary alicyclic amines) is 1. The summed E-state index contributed by atoms with van der Waals surface area (Å²) < 4.78 is 26.7. The van der Waals surface area contributed by atoms with Gasteiger partial charge in [0.1, 0.15) is 5.78 Å². The Hall–Kier alpha value is -0.460. The van der Waals surface area contributed by atoms with E-state index in [1.165, 1.54) is 0 Å². The molecule has 5 nitrogen and oxygen atoms in total. The van der Waals surface area contributed by atoms with E-state index in [0.717, 1.165) is 6.26 Å². The summed E-state index contributed by atoms with van der Waals surface area (Å²) in [4.78, 5) is 13.0. The van der Waals surface area contributed by atoms with Gasteiger partial charge in [0.25, 0.3) is 10.1 Å². The number of hydrogen-bond acceptors (Lipinski definition) is 5. The predicted molar refractivity (Wildman–Crippen MR) is 56.0 cm³/mol. The van der Waals surface area contributed by atoms with Crippen LogP contribution < -0.4 is 0 Å². The molecular weight excluding hydrogens is 218 g/mol. The Morgan fingerprint density at radius 1 is 1.40 bits per heavy atom. The van der Waals surface area contributed by atoms with Crippen LogP contribution in [0.2, 0.25) is 0 Å². The van der Waals surface area contributed by atoms with Gasteiger partial charge in [-0.1, -0.05) is 0 Å². The minimum Gasteiger partial charge on any atom is -0.298 e. The zero-order valence-electron chi connectivity index (χ0n) is 9.26. The van der Waals surface area contributed by atoms with Gasteiger partial charge in [-0.3, -0.25) is 13.9 Å². The number of carbonyl (C=O) groups is 1. The number of Topliss-reactive ketones (excluding diaryl/α,β-unsaturated/α-hetero) is 1. The lowest BCUT2D eigenvalue weighted by atomic mass is 9.98. The summed E-state index contributed by atoms with van der Waals surface area (Å²) in [5.74, 6) is 0.121. The van der Waals surface area contributed by atoms with Crippen molar-refractivity contribution < 1.29 is 17.4 Å². The van der Waals surface area contributed by atoms with E-state index >= 15 is 0 Å². The molecule has 0 unspecified atom stereocenters. The molecule has 0 spiro atoms. The van der Waals surface area contributed by atoms with Crippen LogP contribution in [0.4, 0.5) is 0 Å². The van der Waals surface area contributed by atoms with Crippen LogP contribution in [0.3, 0.4) is 0 Å². The average molecular weight is 235 g/mol. The number of carbonyl (C=O) groups excluding carboxylic acids is 1. The van der Waals surface area contributed by atoms with Gasteiger partial charge in [0.15, 0.2) is 0 Å². The molecule has 0 aromatic carbocycles. The van der Waals surface area contributed by atoms with Gasteiger partial charge in [0, 0.05) is 6.54 Å². The normalized spacial score (nSPS) is 29.0. The second kappa shape index (κ2) is 4.59. The fourth-order valence-electron chi connectivity index (χ4n) is 1.94. The summed E-state index contributed by atoms with van der Waals surface area (Å²) in [6.45, 7) is 2.04. The van der Waals surface area contributed by atoms with Crippen molar-refractivity contribution in [2.45, 2.75) is 31.9 Å². The van der Waals surface area contributed by atoms with Crippen molar-refractivity contribution in [2.24, 2.45) is 0 Å². The molecule has 6 heteroatoms. The fourth-order valence-corrected chi connectivity index (χ4v) is 2.59. The molecular formula is C9H17NO4S. The maximum atomic E-state index is 11.2. The molecule has 2 atom stereocenters. The molecule has 15 heavy (non-hydrogen) atoms. The first-order valence-corrected chi connectivity index (χ1v) is 6.70. The van der Waals surface area contributed by atoms with Gasteiger partial charge < -0.3 is 0 Å². The first-order chi connectivity index (χ1) is 6.79. The molecule has 0 saturated carbocycles. The van der Waals surface area contributed by atoms with E-state index in [1.807, 2.05) is 11.9 Å². The predicted octanol–water partition coefficient (Wildman–Crippen LogP) is 0.0144. The van der Waals surface area contributed by atoms with E-state index in [-0.39, 0.29) is 17.9 Å². The molecule has 1 fully saturated rings. The van der Waals surface area contributed by atoms with Gasteiger partial charge in [-0.05, 0) is 26.8 Å². The molecule has 0 amide bonds. The molecule has 1 aliphatic heterocycles. The van der Waals surface area contributed by atoms with Crippen LogP contribution in [0.5, 0.6) is 0 Å². The van der Waals surface area contributed by atoms with E-state index in [1.54, 1.807) is 6.92 Å². The third kappa shape index (κ3) is 3.89. The molecule has 0 N–H and O–H groups in total. The monoisotopic (exact) mass is 235 g/mol. The molecule has 0 aromatic heterocycles. The third-order valence-corrected chi connectivity index (χ3v) is 3.19. The lowest BCUT2D eigenvalue weighted by molar-refractivity contribution is -0.123. The van der Waals surface area contributed by atoms with E-state index in [2.05, 4.69) is 0 Å². The first kappa shape index (κ1) is 12.6. The SMILES string of the molecule is CC(=O)[C@@H]1CC[C@H](OS(C)(=O)=O)CN1C. The smallest absolute Gasteiger partial charge is 0.264 e. The van der Waals surface area contributed by atoms with Gasteiger partial charge in [0.05, 0.1) is 18.4 Å². The van der Waals surface area contributed by atoms with Gasteiger partial charge in [0.2, 0.25) is 0 Å². The summed E-state index contributed by atoms with van der Waals surface area (Å²) in [7, 11) is -1.59. The highest BCUT2D eigenvalue weighted by Gasteiger charge is 2.30. The molecule has 0 aliphatic carbocycles. The van der Waals surface area contributed by atoms with Gasteiger partial charge in [-0.2, -0.15) is 8.42 Å². The van der Waals surface area contributed by atoms with Crippen LogP contribution in [0.15, 0.2) is 0 Å². The Balaban J connectivity index is 2.55. The second-order valence-corrected chi connectivity index (χ2v) is 5.67. The van der Waals surface area contributed by atoms with Gasteiger partial charge in [-0.15, -0.1) is 0 Å². The maximum absolute atomic E-state index is 11.2. The van der Waals surface area contributed by atoms with Crippen LogP contribution >= 0.6 is 0 Å². The van der Waals surface area contributed by atoms with E-state index < -0.39 is 10.1 Å². The van der Waals surface area contributed by atoms with Crippen molar-refractivity contribution in [3.63, 3.8) is 0 Å². The van der Waals surface area contributed by atoms with Crippen LogP contribution in [-0.4, -0.2) is 51.1 Å². The molecule has 1 rings (SSSR count). The number of hydrogen-bond donors (Lipinski definition) is 0. The molecule has 0 bridgehead atoms. The number of rotatable bonds is 3. The Bertz CT molecular complexity index is 338. The van der Waals surface area contributed by atoms with Gasteiger partial charge in [-0.25, -0.2) is 0 Å². The fraction of sp³-hybridized carbons (Fsp3) is 0.889.